The summed E-state index contributed by atoms with van der Waals surface area (Å²) in [6.07, 6.45) is 3.65. The summed E-state index contributed by atoms with van der Waals surface area (Å²) in [5, 5.41) is 4.33. The Morgan fingerprint density at radius 3 is 2.54 bits per heavy atom. The maximum absolute atomic E-state index is 6.06. The second-order valence-corrected chi connectivity index (χ2v) is 7.82. The van der Waals surface area contributed by atoms with E-state index in [1.54, 1.807) is 0 Å². The SMILES string of the molecule is CC.Clc1ccc(CC2CN3CCOCC3CN2C2CCNCC2)cc1. The van der Waals surface area contributed by atoms with E-state index in [1.807, 2.05) is 26.0 Å². The largest absolute Gasteiger partial charge is 0.378 e. The number of nitrogens with zero attached hydrogens (tertiary/aromatic N) is 2. The van der Waals surface area contributed by atoms with Crippen LogP contribution in [0.25, 0.3) is 0 Å². The van der Waals surface area contributed by atoms with Gasteiger partial charge < -0.3 is 10.1 Å². The molecule has 1 aromatic carbocycles. The number of ether oxygens (including phenoxy) is 1. The third kappa shape index (κ3) is 4.99. The van der Waals surface area contributed by atoms with Gasteiger partial charge in [0.25, 0.3) is 0 Å². The van der Waals surface area contributed by atoms with Gasteiger partial charge in [-0.3, -0.25) is 9.80 Å². The molecule has 1 aromatic rings. The molecule has 2 atom stereocenters. The number of piperazine rings is 1. The number of hydrogen-bond donors (Lipinski definition) is 1. The molecule has 0 radical (unpaired) electrons. The summed E-state index contributed by atoms with van der Waals surface area (Å²) in [5.74, 6) is 0. The highest BCUT2D eigenvalue weighted by Crippen LogP contribution is 2.26. The minimum absolute atomic E-state index is 0.579. The molecule has 1 N–H and O–H groups in total. The zero-order chi connectivity index (χ0) is 18.4. The number of morpholine rings is 1. The number of fused-ring (bicyclic) bond motifs is 1. The van der Waals surface area contributed by atoms with Crippen molar-refractivity contribution >= 4 is 11.6 Å². The molecule has 0 aromatic heterocycles. The topological polar surface area (TPSA) is 27.7 Å². The Balaban J connectivity index is 0.000000948. The van der Waals surface area contributed by atoms with Gasteiger partial charge in [-0.25, -0.2) is 0 Å². The first kappa shape index (κ1) is 20.1. The minimum atomic E-state index is 0.579. The predicted molar refractivity (Wildman–Crippen MR) is 109 cm³/mol. The molecule has 3 heterocycles. The molecular formula is C21H34ClN3O. The molecular weight excluding hydrogens is 346 g/mol. The van der Waals surface area contributed by atoms with E-state index in [2.05, 4.69) is 27.2 Å². The van der Waals surface area contributed by atoms with Crippen LogP contribution in [0, 0.1) is 0 Å². The highest BCUT2D eigenvalue weighted by atomic mass is 35.5. The van der Waals surface area contributed by atoms with Crippen molar-refractivity contribution in [1.82, 2.24) is 15.1 Å². The molecule has 0 aliphatic carbocycles. The fourth-order valence-corrected chi connectivity index (χ4v) is 4.65. The molecule has 3 fully saturated rings. The van der Waals surface area contributed by atoms with E-state index in [0.717, 1.165) is 50.8 Å². The standard InChI is InChI=1S/C19H28ClN3O.C2H6/c20-16-3-1-15(2-4-16)11-18-12-22-9-10-24-14-19(22)13-23(18)17-5-7-21-8-6-17;1-2/h1-4,17-19,21H,5-14H2;1-2H3. The van der Waals surface area contributed by atoms with Gasteiger partial charge in [0.15, 0.2) is 0 Å². The van der Waals surface area contributed by atoms with Crippen LogP contribution in [0.4, 0.5) is 0 Å². The van der Waals surface area contributed by atoms with Gasteiger partial charge >= 0.3 is 0 Å². The summed E-state index contributed by atoms with van der Waals surface area (Å²) in [7, 11) is 0. The van der Waals surface area contributed by atoms with Gasteiger partial charge in [0.05, 0.1) is 13.2 Å². The third-order valence-electron chi connectivity index (χ3n) is 5.85. The van der Waals surface area contributed by atoms with Gasteiger partial charge in [0.1, 0.15) is 0 Å². The van der Waals surface area contributed by atoms with Gasteiger partial charge in [0.2, 0.25) is 0 Å². The molecule has 0 saturated carbocycles. The maximum Gasteiger partial charge on any atom is 0.0634 e. The third-order valence-corrected chi connectivity index (χ3v) is 6.10. The highest BCUT2D eigenvalue weighted by Gasteiger charge is 2.38. The first-order valence-electron chi connectivity index (χ1n) is 10.3. The Bertz CT molecular complexity index is 533. The highest BCUT2D eigenvalue weighted by molar-refractivity contribution is 6.30. The van der Waals surface area contributed by atoms with Gasteiger partial charge in [-0.1, -0.05) is 37.6 Å². The molecule has 0 bridgehead atoms. The normalized spacial score (nSPS) is 28.1. The average molecular weight is 380 g/mol. The van der Waals surface area contributed by atoms with Crippen LogP contribution in [0.2, 0.25) is 5.02 Å². The zero-order valence-electron chi connectivity index (χ0n) is 16.3. The smallest absolute Gasteiger partial charge is 0.0634 e. The lowest BCUT2D eigenvalue weighted by atomic mass is 9.94. The molecule has 26 heavy (non-hydrogen) atoms. The summed E-state index contributed by atoms with van der Waals surface area (Å²) in [6, 6.07) is 10.3. The first-order valence-corrected chi connectivity index (χ1v) is 10.7. The lowest BCUT2D eigenvalue weighted by molar-refractivity contribution is -0.0771. The van der Waals surface area contributed by atoms with Crippen molar-refractivity contribution in [3.8, 4) is 0 Å². The number of rotatable bonds is 3. The van der Waals surface area contributed by atoms with Crippen LogP contribution in [0.5, 0.6) is 0 Å². The maximum atomic E-state index is 6.06. The van der Waals surface area contributed by atoms with E-state index in [-0.39, 0.29) is 0 Å². The second-order valence-electron chi connectivity index (χ2n) is 7.39. The van der Waals surface area contributed by atoms with Crippen LogP contribution in [0.3, 0.4) is 0 Å². The van der Waals surface area contributed by atoms with E-state index in [1.165, 1.54) is 24.9 Å². The summed E-state index contributed by atoms with van der Waals surface area (Å²) in [4.78, 5) is 5.45. The first-order chi connectivity index (χ1) is 12.8. The zero-order valence-corrected chi connectivity index (χ0v) is 17.0. The van der Waals surface area contributed by atoms with E-state index >= 15 is 0 Å². The summed E-state index contributed by atoms with van der Waals surface area (Å²) in [6.45, 7) is 11.5. The summed E-state index contributed by atoms with van der Waals surface area (Å²) >= 11 is 6.06. The van der Waals surface area contributed by atoms with Crippen LogP contribution in [-0.4, -0.2) is 73.9 Å². The van der Waals surface area contributed by atoms with Gasteiger partial charge in [-0.15, -0.1) is 0 Å². The Hall–Kier alpha value is -0.650. The Labute approximate surface area is 163 Å². The molecule has 3 aliphatic rings. The van der Waals surface area contributed by atoms with Crippen LogP contribution in [0.15, 0.2) is 24.3 Å². The molecule has 0 spiro atoms. The van der Waals surface area contributed by atoms with Crippen molar-refractivity contribution in [2.75, 3.05) is 45.9 Å². The molecule has 5 heteroatoms. The van der Waals surface area contributed by atoms with Gasteiger partial charge in [-0.05, 0) is 50.0 Å². The van der Waals surface area contributed by atoms with Crippen LogP contribution in [0.1, 0.15) is 32.3 Å². The van der Waals surface area contributed by atoms with Crippen molar-refractivity contribution < 1.29 is 4.74 Å². The van der Waals surface area contributed by atoms with Crippen molar-refractivity contribution in [3.05, 3.63) is 34.9 Å². The molecule has 0 amide bonds. The van der Waals surface area contributed by atoms with Gasteiger partial charge in [-0.2, -0.15) is 0 Å². The van der Waals surface area contributed by atoms with Crippen LogP contribution in [-0.2, 0) is 11.2 Å². The number of halogens is 1. The monoisotopic (exact) mass is 379 g/mol. The quantitative estimate of drug-likeness (QED) is 0.873. The fraction of sp³-hybridized carbons (Fsp3) is 0.714. The second kappa shape index (κ2) is 10.0. The average Bonchev–Trinajstić information content (AvgIpc) is 2.71. The number of benzene rings is 1. The molecule has 3 aliphatic heterocycles. The Morgan fingerprint density at radius 2 is 1.81 bits per heavy atom. The Kier molecular flexibility index (Phi) is 7.77. The van der Waals surface area contributed by atoms with E-state index < -0.39 is 0 Å². The lowest BCUT2D eigenvalue weighted by Gasteiger charge is -2.51. The Morgan fingerprint density at radius 1 is 1.08 bits per heavy atom. The summed E-state index contributed by atoms with van der Waals surface area (Å²) in [5.41, 5.74) is 1.40. The van der Waals surface area contributed by atoms with E-state index in [0.29, 0.717) is 18.1 Å². The fourth-order valence-electron chi connectivity index (χ4n) is 4.53. The number of piperidine rings is 1. The van der Waals surface area contributed by atoms with Gasteiger partial charge in [0, 0.05) is 42.8 Å². The minimum Gasteiger partial charge on any atom is -0.378 e. The van der Waals surface area contributed by atoms with Crippen molar-refractivity contribution in [3.63, 3.8) is 0 Å². The number of hydrogen-bond acceptors (Lipinski definition) is 4. The predicted octanol–water partition coefficient (Wildman–Crippen LogP) is 3.05. The van der Waals surface area contributed by atoms with E-state index in [4.69, 9.17) is 16.3 Å². The number of nitrogens with one attached hydrogen (secondary N) is 1. The molecule has 4 nitrogen and oxygen atoms in total. The van der Waals surface area contributed by atoms with Crippen LogP contribution >= 0.6 is 11.6 Å². The van der Waals surface area contributed by atoms with Crippen molar-refractivity contribution in [2.45, 2.75) is 51.2 Å². The van der Waals surface area contributed by atoms with Crippen molar-refractivity contribution in [1.29, 1.82) is 0 Å². The lowest BCUT2D eigenvalue weighted by Crippen LogP contribution is -2.65. The van der Waals surface area contributed by atoms with Crippen molar-refractivity contribution in [2.24, 2.45) is 0 Å². The molecule has 3 saturated heterocycles. The summed E-state index contributed by atoms with van der Waals surface area (Å²) < 4.78 is 5.75. The van der Waals surface area contributed by atoms with E-state index in [9.17, 15) is 0 Å². The van der Waals surface area contributed by atoms with Crippen LogP contribution < -0.4 is 5.32 Å². The molecule has 4 rings (SSSR count). The molecule has 146 valence electrons. The molecule has 2 unspecified atom stereocenters.